The van der Waals surface area contributed by atoms with Gasteiger partial charge < -0.3 is 9.47 Å². The van der Waals surface area contributed by atoms with Gasteiger partial charge in [-0.1, -0.05) is 6.07 Å². The fraction of sp³-hybridized carbons (Fsp3) is 0.400. The van der Waals surface area contributed by atoms with Crippen LogP contribution in [0.15, 0.2) is 55.2 Å². The molecule has 1 saturated heterocycles. The van der Waals surface area contributed by atoms with E-state index in [-0.39, 0.29) is 11.8 Å². The zero-order valence-corrected chi connectivity index (χ0v) is 15.3. The number of carbonyl (C=O) groups is 1. The lowest BCUT2D eigenvalue weighted by Crippen LogP contribution is -2.40. The van der Waals surface area contributed by atoms with Gasteiger partial charge in [-0.3, -0.25) is 14.5 Å². The fourth-order valence-electron chi connectivity index (χ4n) is 3.70. The van der Waals surface area contributed by atoms with E-state index in [1.807, 2.05) is 54.0 Å². The number of likely N-dealkylation sites (tertiary alicyclic amines) is 1. The Morgan fingerprint density at radius 2 is 2.07 bits per heavy atom. The Kier molecular flexibility index (Phi) is 5.27. The van der Waals surface area contributed by atoms with Gasteiger partial charge in [-0.2, -0.15) is 5.10 Å². The third-order valence-electron chi connectivity index (χ3n) is 5.06. The van der Waals surface area contributed by atoms with Crippen LogP contribution in [0.2, 0.25) is 0 Å². The van der Waals surface area contributed by atoms with Crippen molar-refractivity contribution in [3.8, 4) is 0 Å². The van der Waals surface area contributed by atoms with Crippen molar-refractivity contribution >= 4 is 5.91 Å². The molecule has 0 aliphatic carbocycles. The van der Waals surface area contributed by atoms with Gasteiger partial charge in [-0.15, -0.1) is 0 Å². The van der Waals surface area contributed by atoms with Crippen LogP contribution in [0.1, 0.15) is 36.7 Å². The predicted octanol–water partition coefficient (Wildman–Crippen LogP) is 2.32. The van der Waals surface area contributed by atoms with Crippen molar-refractivity contribution in [2.75, 3.05) is 13.1 Å². The Labute approximate surface area is 158 Å². The number of nitrogens with zero attached hydrogens (tertiary/aromatic N) is 6. The summed E-state index contributed by atoms with van der Waals surface area (Å²) in [6.45, 7) is 2.90. The Bertz CT molecular complexity index is 858. The molecule has 0 bridgehead atoms. The second kappa shape index (κ2) is 8.16. The van der Waals surface area contributed by atoms with Gasteiger partial charge in [-0.25, -0.2) is 4.98 Å². The van der Waals surface area contributed by atoms with Crippen LogP contribution < -0.4 is 0 Å². The summed E-state index contributed by atoms with van der Waals surface area (Å²) in [5.74, 6) is 1.51. The second-order valence-corrected chi connectivity index (χ2v) is 6.93. The molecule has 3 aromatic heterocycles. The molecule has 4 rings (SSSR count). The van der Waals surface area contributed by atoms with Gasteiger partial charge in [0, 0.05) is 63.0 Å². The number of rotatable bonds is 6. The van der Waals surface area contributed by atoms with Gasteiger partial charge in [0.05, 0.1) is 12.2 Å². The van der Waals surface area contributed by atoms with Crippen LogP contribution in [0.25, 0.3) is 0 Å². The summed E-state index contributed by atoms with van der Waals surface area (Å²) in [6, 6.07) is 7.82. The van der Waals surface area contributed by atoms with Crippen LogP contribution in [0.5, 0.6) is 0 Å². The first kappa shape index (κ1) is 17.5. The molecule has 1 amide bonds. The molecule has 0 saturated carbocycles. The molecule has 3 aromatic rings. The van der Waals surface area contributed by atoms with E-state index >= 15 is 0 Å². The Balaban J connectivity index is 1.40. The number of hydrogen-bond acceptors (Lipinski definition) is 4. The highest BCUT2D eigenvalue weighted by Crippen LogP contribution is 2.26. The summed E-state index contributed by atoms with van der Waals surface area (Å²) in [6.07, 6.45) is 11.8. The highest BCUT2D eigenvalue weighted by Gasteiger charge is 2.27. The first-order chi connectivity index (χ1) is 13.3. The largest absolute Gasteiger partial charge is 0.342 e. The lowest BCUT2D eigenvalue weighted by Gasteiger charge is -2.32. The molecular weight excluding hydrogens is 340 g/mol. The molecule has 0 aromatic carbocycles. The molecule has 0 radical (unpaired) electrons. The van der Waals surface area contributed by atoms with E-state index in [1.165, 1.54) is 0 Å². The minimum absolute atomic E-state index is 0.193. The van der Waals surface area contributed by atoms with E-state index in [4.69, 9.17) is 0 Å². The molecule has 4 heterocycles. The van der Waals surface area contributed by atoms with E-state index in [1.54, 1.807) is 10.9 Å². The zero-order valence-electron chi connectivity index (χ0n) is 15.3. The summed E-state index contributed by atoms with van der Waals surface area (Å²) >= 11 is 0. The number of hydrogen-bond donors (Lipinski definition) is 0. The van der Waals surface area contributed by atoms with Crippen LogP contribution in [0, 0.1) is 0 Å². The molecule has 0 unspecified atom stereocenters. The molecule has 1 atom stereocenters. The number of carbonyl (C=O) groups excluding carboxylic acids is 1. The second-order valence-electron chi connectivity index (χ2n) is 6.93. The standard InChI is InChI=1S/C20H24N6O/c27-19(7-13-26-12-4-9-23-26)24-11-3-5-17(15-24)20-22-10-14-25(20)16-18-6-1-2-8-21-18/h1-2,4,6,8-10,12,14,17H,3,5,7,11,13,15-16H2/t17-/m0/s1. The summed E-state index contributed by atoms with van der Waals surface area (Å²) in [5, 5.41) is 4.17. The van der Waals surface area contributed by atoms with E-state index in [9.17, 15) is 4.79 Å². The minimum atomic E-state index is 0.193. The first-order valence-electron chi connectivity index (χ1n) is 9.46. The molecular formula is C20H24N6O. The third kappa shape index (κ3) is 4.24. The molecule has 1 aliphatic rings. The molecule has 7 nitrogen and oxygen atoms in total. The lowest BCUT2D eigenvalue weighted by atomic mass is 9.96. The minimum Gasteiger partial charge on any atom is -0.342 e. The summed E-state index contributed by atoms with van der Waals surface area (Å²) in [7, 11) is 0. The smallest absolute Gasteiger partial charge is 0.224 e. The topological polar surface area (TPSA) is 68.8 Å². The van der Waals surface area contributed by atoms with Crippen LogP contribution in [-0.4, -0.2) is 48.2 Å². The van der Waals surface area contributed by atoms with E-state index < -0.39 is 0 Å². The Morgan fingerprint density at radius 1 is 1.11 bits per heavy atom. The van der Waals surface area contributed by atoms with Gasteiger partial charge in [0.15, 0.2) is 0 Å². The normalized spacial score (nSPS) is 17.2. The quantitative estimate of drug-likeness (QED) is 0.673. The van der Waals surface area contributed by atoms with Crippen molar-refractivity contribution in [1.29, 1.82) is 0 Å². The van der Waals surface area contributed by atoms with Crippen LogP contribution in [0.3, 0.4) is 0 Å². The van der Waals surface area contributed by atoms with Crippen LogP contribution >= 0.6 is 0 Å². The van der Waals surface area contributed by atoms with Crippen molar-refractivity contribution in [1.82, 2.24) is 29.2 Å². The van der Waals surface area contributed by atoms with E-state index in [0.29, 0.717) is 19.5 Å². The van der Waals surface area contributed by atoms with Gasteiger partial charge in [0.1, 0.15) is 5.82 Å². The van der Waals surface area contributed by atoms with Crippen LogP contribution in [0.4, 0.5) is 0 Å². The molecule has 1 aliphatic heterocycles. The lowest BCUT2D eigenvalue weighted by molar-refractivity contribution is -0.132. The SMILES string of the molecule is O=C(CCn1cccn1)N1CCC[C@H](c2nccn2Cc2ccccn2)C1. The number of aromatic nitrogens is 5. The van der Waals surface area contributed by atoms with Gasteiger partial charge in [-0.05, 0) is 31.0 Å². The zero-order chi connectivity index (χ0) is 18.5. The maximum Gasteiger partial charge on any atom is 0.224 e. The number of aryl methyl sites for hydroxylation is 1. The van der Waals surface area contributed by atoms with Gasteiger partial charge in [0.25, 0.3) is 0 Å². The average molecular weight is 364 g/mol. The summed E-state index contributed by atoms with van der Waals surface area (Å²) < 4.78 is 3.96. The highest BCUT2D eigenvalue weighted by molar-refractivity contribution is 5.76. The monoisotopic (exact) mass is 364 g/mol. The van der Waals surface area contributed by atoms with Gasteiger partial charge >= 0.3 is 0 Å². The maximum atomic E-state index is 12.6. The van der Waals surface area contributed by atoms with Crippen molar-refractivity contribution < 1.29 is 4.79 Å². The molecule has 27 heavy (non-hydrogen) atoms. The van der Waals surface area contributed by atoms with Crippen LogP contribution in [-0.2, 0) is 17.9 Å². The molecule has 1 fully saturated rings. The van der Waals surface area contributed by atoms with Crippen molar-refractivity contribution in [2.45, 2.75) is 38.3 Å². The molecule has 140 valence electrons. The Morgan fingerprint density at radius 3 is 2.89 bits per heavy atom. The number of amides is 1. The number of pyridine rings is 1. The molecule has 7 heteroatoms. The highest BCUT2D eigenvalue weighted by atomic mass is 16.2. The molecule has 0 spiro atoms. The molecule has 0 N–H and O–H groups in total. The van der Waals surface area contributed by atoms with Gasteiger partial charge in [0.2, 0.25) is 5.91 Å². The van der Waals surface area contributed by atoms with Crippen molar-refractivity contribution in [3.63, 3.8) is 0 Å². The maximum absolute atomic E-state index is 12.6. The third-order valence-corrected chi connectivity index (χ3v) is 5.06. The average Bonchev–Trinajstić information content (AvgIpc) is 3.39. The summed E-state index contributed by atoms with van der Waals surface area (Å²) in [5.41, 5.74) is 1.01. The number of piperidine rings is 1. The van der Waals surface area contributed by atoms with Crippen molar-refractivity contribution in [3.05, 3.63) is 66.8 Å². The first-order valence-corrected chi connectivity index (χ1v) is 9.46. The predicted molar refractivity (Wildman–Crippen MR) is 101 cm³/mol. The van der Waals surface area contributed by atoms with E-state index in [0.717, 1.165) is 37.4 Å². The van der Waals surface area contributed by atoms with Crippen molar-refractivity contribution in [2.24, 2.45) is 0 Å². The summed E-state index contributed by atoms with van der Waals surface area (Å²) in [4.78, 5) is 23.6. The fourth-order valence-corrected chi connectivity index (χ4v) is 3.70. The van der Waals surface area contributed by atoms with E-state index in [2.05, 4.69) is 19.6 Å². The number of imidazole rings is 1. The Hall–Kier alpha value is -2.96.